The average molecular weight is 483 g/mol. The zero-order valence-electron chi connectivity index (χ0n) is 18.1. The molecule has 0 unspecified atom stereocenters. The van der Waals surface area contributed by atoms with E-state index >= 15 is 0 Å². The molecule has 0 atom stereocenters. The number of aryl methyl sites for hydroxylation is 1. The molecule has 0 radical (unpaired) electrons. The number of amides is 1. The Morgan fingerprint density at radius 1 is 0.939 bits per heavy atom. The van der Waals surface area contributed by atoms with E-state index in [4.69, 9.17) is 0 Å². The Morgan fingerprint density at radius 3 is 2.15 bits per heavy atom. The molecule has 0 N–H and O–H groups in total. The first-order chi connectivity index (χ1) is 15.5. The third-order valence-corrected chi connectivity index (χ3v) is 7.54. The molecular formula is C23H25F3N2O4S. The van der Waals surface area contributed by atoms with Gasteiger partial charge in [0.25, 0.3) is 0 Å². The standard InChI is InChI=1S/C23H25F3N2O4S/c1-2-17-6-8-18(9-7-17)21(29)10-11-22(30)27-12-14-28(15-13-27)33(31,32)20-5-3-4-19(16-20)23(24,25)26/h3-9,16H,2,10-15H2,1H3. The van der Waals surface area contributed by atoms with E-state index < -0.39 is 26.7 Å². The predicted octanol–water partition coefficient (Wildman–Crippen LogP) is 3.76. The van der Waals surface area contributed by atoms with E-state index in [0.717, 1.165) is 34.5 Å². The summed E-state index contributed by atoms with van der Waals surface area (Å²) in [5.74, 6) is -0.401. The number of ketones is 1. The van der Waals surface area contributed by atoms with Gasteiger partial charge in [0.2, 0.25) is 15.9 Å². The molecule has 178 valence electrons. The Morgan fingerprint density at radius 2 is 1.58 bits per heavy atom. The molecule has 1 heterocycles. The maximum Gasteiger partial charge on any atom is 0.416 e. The Labute approximate surface area is 191 Å². The highest BCUT2D eigenvalue weighted by Gasteiger charge is 2.34. The van der Waals surface area contributed by atoms with Gasteiger partial charge in [-0.25, -0.2) is 8.42 Å². The number of hydrogen-bond acceptors (Lipinski definition) is 4. The summed E-state index contributed by atoms with van der Waals surface area (Å²) in [6, 6.07) is 10.8. The number of carbonyl (C=O) groups excluding carboxylic acids is 2. The van der Waals surface area contributed by atoms with Crippen LogP contribution in [-0.2, 0) is 27.4 Å². The molecule has 3 rings (SSSR count). The molecule has 1 saturated heterocycles. The van der Waals surface area contributed by atoms with Crippen LogP contribution in [0.4, 0.5) is 13.2 Å². The molecule has 2 aromatic rings. The van der Waals surface area contributed by atoms with Crippen molar-refractivity contribution in [3.63, 3.8) is 0 Å². The summed E-state index contributed by atoms with van der Waals surface area (Å²) in [7, 11) is -4.12. The van der Waals surface area contributed by atoms with Crippen molar-refractivity contribution in [2.24, 2.45) is 0 Å². The minimum Gasteiger partial charge on any atom is -0.340 e. The van der Waals surface area contributed by atoms with Crippen molar-refractivity contribution < 1.29 is 31.2 Å². The number of rotatable bonds is 7. The van der Waals surface area contributed by atoms with Crippen molar-refractivity contribution in [2.45, 2.75) is 37.3 Å². The van der Waals surface area contributed by atoms with Crippen LogP contribution >= 0.6 is 0 Å². The minimum absolute atomic E-state index is 0.00867. The van der Waals surface area contributed by atoms with Gasteiger partial charge in [-0.15, -0.1) is 0 Å². The van der Waals surface area contributed by atoms with Gasteiger partial charge >= 0.3 is 6.18 Å². The number of benzene rings is 2. The number of piperazine rings is 1. The molecule has 0 aliphatic carbocycles. The van der Waals surface area contributed by atoms with E-state index in [2.05, 4.69) is 0 Å². The van der Waals surface area contributed by atoms with Crippen molar-refractivity contribution in [1.29, 1.82) is 0 Å². The second-order valence-electron chi connectivity index (χ2n) is 7.78. The lowest BCUT2D eigenvalue weighted by molar-refractivity contribution is -0.137. The van der Waals surface area contributed by atoms with Gasteiger partial charge in [0.1, 0.15) is 0 Å². The van der Waals surface area contributed by atoms with E-state index in [1.165, 1.54) is 4.90 Å². The van der Waals surface area contributed by atoms with Crippen molar-refractivity contribution in [3.05, 3.63) is 65.2 Å². The van der Waals surface area contributed by atoms with Crippen molar-refractivity contribution in [3.8, 4) is 0 Å². The molecule has 0 aromatic heterocycles. The topological polar surface area (TPSA) is 74.8 Å². The molecule has 1 amide bonds. The van der Waals surface area contributed by atoms with Crippen molar-refractivity contribution in [2.75, 3.05) is 26.2 Å². The number of hydrogen-bond donors (Lipinski definition) is 0. The summed E-state index contributed by atoms with van der Waals surface area (Å²) in [4.78, 5) is 25.9. The lowest BCUT2D eigenvalue weighted by atomic mass is 10.0. The second kappa shape index (κ2) is 10.0. The Hall–Kier alpha value is -2.72. The fourth-order valence-corrected chi connectivity index (χ4v) is 5.08. The van der Waals surface area contributed by atoms with Gasteiger partial charge in [-0.2, -0.15) is 17.5 Å². The van der Waals surface area contributed by atoms with Crippen LogP contribution in [0.1, 0.15) is 41.3 Å². The maximum atomic E-state index is 12.9. The Kier molecular flexibility index (Phi) is 7.58. The predicted molar refractivity (Wildman–Crippen MR) is 116 cm³/mol. The van der Waals surface area contributed by atoms with E-state index in [9.17, 15) is 31.2 Å². The lowest BCUT2D eigenvalue weighted by Crippen LogP contribution is -2.50. The third-order valence-electron chi connectivity index (χ3n) is 5.64. The maximum absolute atomic E-state index is 12.9. The van der Waals surface area contributed by atoms with Crippen molar-refractivity contribution >= 4 is 21.7 Å². The fourth-order valence-electron chi connectivity index (χ4n) is 3.61. The van der Waals surface area contributed by atoms with Gasteiger partial charge in [-0.1, -0.05) is 37.3 Å². The summed E-state index contributed by atoms with van der Waals surface area (Å²) >= 11 is 0. The zero-order valence-corrected chi connectivity index (χ0v) is 19.0. The minimum atomic E-state index is -4.65. The Balaban J connectivity index is 1.55. The zero-order chi connectivity index (χ0) is 24.2. The lowest BCUT2D eigenvalue weighted by Gasteiger charge is -2.34. The summed E-state index contributed by atoms with van der Waals surface area (Å²) in [5.41, 5.74) is 0.615. The van der Waals surface area contributed by atoms with E-state index in [0.29, 0.717) is 11.6 Å². The van der Waals surface area contributed by atoms with Crippen LogP contribution in [0.3, 0.4) is 0 Å². The largest absolute Gasteiger partial charge is 0.416 e. The summed E-state index contributed by atoms with van der Waals surface area (Å²) in [6.45, 7) is 2.17. The highest BCUT2D eigenvalue weighted by Crippen LogP contribution is 2.31. The van der Waals surface area contributed by atoms with E-state index in [1.54, 1.807) is 12.1 Å². The number of halogens is 3. The molecular weight excluding hydrogens is 457 g/mol. The molecule has 6 nitrogen and oxygen atoms in total. The van der Waals surface area contributed by atoms with Crippen molar-refractivity contribution in [1.82, 2.24) is 9.21 Å². The van der Waals surface area contributed by atoms with Gasteiger partial charge < -0.3 is 4.90 Å². The fraction of sp³-hybridized carbons (Fsp3) is 0.391. The van der Waals surface area contributed by atoms with Crippen LogP contribution in [0, 0.1) is 0 Å². The first-order valence-corrected chi connectivity index (χ1v) is 12.0. The van der Waals surface area contributed by atoms with E-state index in [-0.39, 0.29) is 50.7 Å². The molecule has 2 aromatic carbocycles. The van der Waals surface area contributed by atoms with Gasteiger partial charge in [0.15, 0.2) is 5.78 Å². The number of carbonyl (C=O) groups is 2. The van der Waals surface area contributed by atoms with Gasteiger partial charge in [0, 0.05) is 44.6 Å². The molecule has 0 bridgehead atoms. The summed E-state index contributed by atoms with van der Waals surface area (Å²) < 4.78 is 65.4. The number of nitrogens with zero attached hydrogens (tertiary/aromatic N) is 2. The number of Topliss-reactive ketones (excluding diaryl/α,β-unsaturated/α-hetero) is 1. The molecule has 33 heavy (non-hydrogen) atoms. The molecule has 1 aliphatic heterocycles. The Bertz CT molecular complexity index is 1110. The number of alkyl halides is 3. The van der Waals surface area contributed by atoms with Gasteiger partial charge in [0.05, 0.1) is 10.5 Å². The smallest absolute Gasteiger partial charge is 0.340 e. The second-order valence-corrected chi connectivity index (χ2v) is 9.72. The van der Waals surface area contributed by atoms with Crippen LogP contribution in [0.25, 0.3) is 0 Å². The van der Waals surface area contributed by atoms with Gasteiger partial charge in [-0.05, 0) is 30.2 Å². The van der Waals surface area contributed by atoms with Crippen LogP contribution in [0.2, 0.25) is 0 Å². The van der Waals surface area contributed by atoms with Gasteiger partial charge in [-0.3, -0.25) is 9.59 Å². The molecule has 0 spiro atoms. The van der Waals surface area contributed by atoms with E-state index in [1.807, 2.05) is 19.1 Å². The highest BCUT2D eigenvalue weighted by atomic mass is 32.2. The first kappa shape index (κ1) is 24.9. The number of sulfonamides is 1. The molecule has 1 aliphatic rings. The highest BCUT2D eigenvalue weighted by molar-refractivity contribution is 7.89. The van der Waals surface area contributed by atoms with Crippen LogP contribution in [0.15, 0.2) is 53.4 Å². The normalized spacial score (nSPS) is 15.5. The average Bonchev–Trinajstić information content (AvgIpc) is 2.82. The SMILES string of the molecule is CCc1ccc(C(=O)CCC(=O)N2CCN(S(=O)(=O)c3cccc(C(F)(F)F)c3)CC2)cc1. The monoisotopic (exact) mass is 482 g/mol. The molecule has 10 heteroatoms. The summed E-state index contributed by atoms with van der Waals surface area (Å²) in [5, 5.41) is 0. The van der Waals surface area contributed by atoms with Crippen LogP contribution < -0.4 is 0 Å². The van der Waals surface area contributed by atoms with Crippen LogP contribution in [0.5, 0.6) is 0 Å². The first-order valence-electron chi connectivity index (χ1n) is 10.6. The summed E-state index contributed by atoms with van der Waals surface area (Å²) in [6.07, 6.45) is -3.73. The molecule has 1 fully saturated rings. The quantitative estimate of drug-likeness (QED) is 0.564. The van der Waals surface area contributed by atoms with Crippen LogP contribution in [-0.4, -0.2) is 55.5 Å². The molecule has 0 saturated carbocycles. The third kappa shape index (κ3) is 6.00.